The number of nitrogens with zero attached hydrogens (tertiary/aromatic N) is 1. The summed E-state index contributed by atoms with van der Waals surface area (Å²) in [6, 6.07) is 5.71. The first-order valence-electron chi connectivity index (χ1n) is 9.28. The number of likely N-dealkylation sites (tertiary alicyclic amines) is 1. The van der Waals surface area contributed by atoms with Crippen LogP contribution in [-0.4, -0.2) is 29.3 Å². The largest absolute Gasteiger partial charge is 0.465 e. The number of piperidine rings is 1. The molecule has 1 aliphatic heterocycles. The lowest BCUT2D eigenvalue weighted by Gasteiger charge is -2.33. The van der Waals surface area contributed by atoms with E-state index in [1.54, 1.807) is 26.0 Å². The highest BCUT2D eigenvalue weighted by molar-refractivity contribution is 9.10. The van der Waals surface area contributed by atoms with Gasteiger partial charge in [0.25, 0.3) is 11.8 Å². The first-order chi connectivity index (χ1) is 12.8. The lowest BCUT2D eigenvalue weighted by molar-refractivity contribution is 0.0635. The highest BCUT2D eigenvalue weighted by atomic mass is 79.9. The van der Waals surface area contributed by atoms with Crippen molar-refractivity contribution in [1.29, 1.82) is 0 Å². The molecule has 5 nitrogen and oxygen atoms in total. The standard InChI is InChI=1S/C21H25BrN2O3/c1-12-11-16(21(26)24-10-6-5-7-13(24)2)8-9-17(12)23-20(25)18-14(3)27-15(4)19(18)22/h8-9,11,13H,5-7,10H2,1-4H3,(H,23,25). The average molecular weight is 433 g/mol. The summed E-state index contributed by atoms with van der Waals surface area (Å²) in [5.74, 6) is 1.07. The van der Waals surface area contributed by atoms with Gasteiger partial charge in [-0.05, 0) is 86.6 Å². The molecule has 2 heterocycles. The van der Waals surface area contributed by atoms with Crippen LogP contribution in [0.2, 0.25) is 0 Å². The van der Waals surface area contributed by atoms with Gasteiger partial charge in [0.1, 0.15) is 11.5 Å². The number of halogens is 1. The van der Waals surface area contributed by atoms with E-state index in [-0.39, 0.29) is 17.9 Å². The summed E-state index contributed by atoms with van der Waals surface area (Å²) < 4.78 is 6.17. The van der Waals surface area contributed by atoms with Crippen molar-refractivity contribution in [2.45, 2.75) is 53.0 Å². The van der Waals surface area contributed by atoms with Crippen LogP contribution in [0.1, 0.15) is 64.0 Å². The van der Waals surface area contributed by atoms with Crippen molar-refractivity contribution in [2.75, 3.05) is 11.9 Å². The third kappa shape index (κ3) is 3.95. The fourth-order valence-electron chi connectivity index (χ4n) is 3.60. The topological polar surface area (TPSA) is 62.6 Å². The minimum Gasteiger partial charge on any atom is -0.465 e. The monoisotopic (exact) mass is 432 g/mol. The minimum absolute atomic E-state index is 0.0622. The predicted octanol–water partition coefficient (Wildman–Crippen LogP) is 5.23. The van der Waals surface area contributed by atoms with Crippen molar-refractivity contribution in [2.24, 2.45) is 0 Å². The fourth-order valence-corrected chi connectivity index (χ4v) is 4.14. The second kappa shape index (κ2) is 7.89. The third-order valence-electron chi connectivity index (χ3n) is 5.20. The second-order valence-corrected chi connectivity index (χ2v) is 8.02. The van der Waals surface area contributed by atoms with Crippen LogP contribution in [0.4, 0.5) is 5.69 Å². The second-order valence-electron chi connectivity index (χ2n) is 7.23. The maximum atomic E-state index is 12.8. The zero-order chi connectivity index (χ0) is 19.7. The highest BCUT2D eigenvalue weighted by Crippen LogP contribution is 2.29. The quantitative estimate of drug-likeness (QED) is 0.721. The molecule has 0 aliphatic carbocycles. The van der Waals surface area contributed by atoms with E-state index in [0.717, 1.165) is 24.9 Å². The van der Waals surface area contributed by atoms with Gasteiger partial charge >= 0.3 is 0 Å². The van der Waals surface area contributed by atoms with Crippen molar-refractivity contribution in [3.05, 3.63) is 50.9 Å². The number of rotatable bonds is 3. The van der Waals surface area contributed by atoms with E-state index in [1.807, 2.05) is 17.9 Å². The molecule has 0 saturated carbocycles. The maximum Gasteiger partial charge on any atom is 0.260 e. The smallest absolute Gasteiger partial charge is 0.260 e. The Balaban J connectivity index is 1.78. The van der Waals surface area contributed by atoms with E-state index in [4.69, 9.17) is 4.42 Å². The summed E-state index contributed by atoms with van der Waals surface area (Å²) in [5.41, 5.74) is 2.70. The molecular formula is C21H25BrN2O3. The lowest BCUT2D eigenvalue weighted by Crippen LogP contribution is -2.42. The molecule has 1 N–H and O–H groups in total. The molecule has 1 aromatic carbocycles. The van der Waals surface area contributed by atoms with Crippen LogP contribution >= 0.6 is 15.9 Å². The van der Waals surface area contributed by atoms with E-state index in [2.05, 4.69) is 28.2 Å². The number of nitrogens with one attached hydrogen (secondary N) is 1. The number of hydrogen-bond acceptors (Lipinski definition) is 3. The van der Waals surface area contributed by atoms with Crippen LogP contribution in [0.15, 0.2) is 27.1 Å². The summed E-state index contributed by atoms with van der Waals surface area (Å²) in [6.45, 7) is 8.38. The van der Waals surface area contributed by atoms with Gasteiger partial charge in [0, 0.05) is 23.8 Å². The van der Waals surface area contributed by atoms with E-state index in [0.29, 0.717) is 32.8 Å². The first kappa shape index (κ1) is 19.7. The molecule has 0 radical (unpaired) electrons. The van der Waals surface area contributed by atoms with E-state index >= 15 is 0 Å². The number of aryl methyl sites for hydroxylation is 3. The van der Waals surface area contributed by atoms with Crippen LogP contribution < -0.4 is 5.32 Å². The molecule has 144 valence electrons. The Kier molecular flexibility index (Phi) is 5.75. The number of carbonyl (C=O) groups is 2. The number of anilines is 1. The Morgan fingerprint density at radius 2 is 1.93 bits per heavy atom. The molecule has 0 spiro atoms. The van der Waals surface area contributed by atoms with Gasteiger partial charge in [0.2, 0.25) is 0 Å². The third-order valence-corrected chi connectivity index (χ3v) is 6.15. The molecule has 1 fully saturated rings. The highest BCUT2D eigenvalue weighted by Gasteiger charge is 2.25. The molecule has 3 rings (SSSR count). The summed E-state index contributed by atoms with van der Waals surface area (Å²) >= 11 is 3.41. The van der Waals surface area contributed by atoms with Gasteiger partial charge in [-0.15, -0.1) is 0 Å². The summed E-state index contributed by atoms with van der Waals surface area (Å²) in [6.07, 6.45) is 3.29. The van der Waals surface area contributed by atoms with Gasteiger partial charge in [-0.3, -0.25) is 9.59 Å². The number of amides is 2. The number of carbonyl (C=O) groups excluding carboxylic acids is 2. The molecule has 1 unspecified atom stereocenters. The van der Waals surface area contributed by atoms with Gasteiger partial charge in [0.05, 0.1) is 10.0 Å². The SMILES string of the molecule is Cc1cc(C(=O)N2CCCCC2C)ccc1NC(=O)c1c(C)oc(C)c1Br. The van der Waals surface area contributed by atoms with Gasteiger partial charge in [0.15, 0.2) is 0 Å². The lowest BCUT2D eigenvalue weighted by atomic mass is 10.0. The minimum atomic E-state index is -0.233. The maximum absolute atomic E-state index is 12.8. The zero-order valence-electron chi connectivity index (χ0n) is 16.2. The Morgan fingerprint density at radius 3 is 2.52 bits per heavy atom. The van der Waals surface area contributed by atoms with Gasteiger partial charge in [-0.2, -0.15) is 0 Å². The summed E-state index contributed by atoms with van der Waals surface area (Å²) in [4.78, 5) is 27.4. The number of benzene rings is 1. The molecule has 27 heavy (non-hydrogen) atoms. The molecule has 0 bridgehead atoms. The molecule has 1 aliphatic rings. The van der Waals surface area contributed by atoms with Crippen LogP contribution in [0, 0.1) is 20.8 Å². The van der Waals surface area contributed by atoms with Gasteiger partial charge in [-0.1, -0.05) is 0 Å². The first-order valence-corrected chi connectivity index (χ1v) is 10.1. The molecule has 1 atom stereocenters. The Morgan fingerprint density at radius 1 is 1.19 bits per heavy atom. The summed E-state index contributed by atoms with van der Waals surface area (Å²) in [5, 5.41) is 2.92. The fraction of sp³-hybridized carbons (Fsp3) is 0.429. The van der Waals surface area contributed by atoms with Crippen molar-refractivity contribution in [3.8, 4) is 0 Å². The molecule has 1 saturated heterocycles. The molecule has 2 aromatic rings. The van der Waals surface area contributed by atoms with Crippen molar-refractivity contribution < 1.29 is 14.0 Å². The van der Waals surface area contributed by atoms with Crippen molar-refractivity contribution >= 4 is 33.4 Å². The predicted molar refractivity (Wildman–Crippen MR) is 109 cm³/mol. The Bertz CT molecular complexity index is 888. The van der Waals surface area contributed by atoms with Gasteiger partial charge < -0.3 is 14.6 Å². The van der Waals surface area contributed by atoms with Gasteiger partial charge in [-0.25, -0.2) is 0 Å². The molecule has 1 aromatic heterocycles. The Labute approximate surface area is 168 Å². The van der Waals surface area contributed by atoms with Crippen LogP contribution in [0.3, 0.4) is 0 Å². The van der Waals surface area contributed by atoms with E-state index < -0.39 is 0 Å². The molecule has 2 amide bonds. The Hall–Kier alpha value is -2.08. The molecular weight excluding hydrogens is 408 g/mol. The van der Waals surface area contributed by atoms with Crippen molar-refractivity contribution in [1.82, 2.24) is 4.90 Å². The zero-order valence-corrected chi connectivity index (χ0v) is 17.8. The average Bonchev–Trinajstić information content (AvgIpc) is 2.88. The van der Waals surface area contributed by atoms with Crippen LogP contribution in [0.25, 0.3) is 0 Å². The number of furan rings is 1. The van der Waals surface area contributed by atoms with Crippen LogP contribution in [-0.2, 0) is 0 Å². The van der Waals surface area contributed by atoms with E-state index in [1.165, 1.54) is 6.42 Å². The molecule has 6 heteroatoms. The normalized spacial score (nSPS) is 17.1. The van der Waals surface area contributed by atoms with Crippen molar-refractivity contribution in [3.63, 3.8) is 0 Å². The summed E-state index contributed by atoms with van der Waals surface area (Å²) in [7, 11) is 0. The number of hydrogen-bond donors (Lipinski definition) is 1. The van der Waals surface area contributed by atoms with E-state index in [9.17, 15) is 9.59 Å². The van der Waals surface area contributed by atoms with Crippen LogP contribution in [0.5, 0.6) is 0 Å².